The molecule has 0 aromatic heterocycles. The number of carbonyl (C=O) groups is 1. The van der Waals surface area contributed by atoms with Crippen LogP contribution in [0.25, 0.3) is 0 Å². The van der Waals surface area contributed by atoms with Crippen molar-refractivity contribution in [2.75, 3.05) is 51.4 Å². The molecule has 8 nitrogen and oxygen atoms in total. The molecule has 2 N–H and O–H groups in total. The number of sulfonamides is 1. The highest BCUT2D eigenvalue weighted by atomic mass is 32.2. The van der Waals surface area contributed by atoms with Crippen molar-refractivity contribution in [1.29, 1.82) is 0 Å². The first-order valence-electron chi connectivity index (χ1n) is 7.87. The highest BCUT2D eigenvalue weighted by Crippen LogP contribution is 2.20. The molecule has 0 radical (unpaired) electrons. The van der Waals surface area contributed by atoms with Crippen LogP contribution in [0.3, 0.4) is 0 Å². The van der Waals surface area contributed by atoms with Crippen LogP contribution in [0.2, 0.25) is 0 Å². The Morgan fingerprint density at radius 3 is 2.71 bits per heavy atom. The molecule has 0 spiro atoms. The minimum Gasteiger partial charge on any atom is -0.379 e. The number of amides is 1. The monoisotopic (exact) mass is 355 g/mol. The number of hydrogen-bond acceptors (Lipinski definition) is 6. The van der Waals surface area contributed by atoms with E-state index in [1.807, 2.05) is 0 Å². The van der Waals surface area contributed by atoms with Gasteiger partial charge in [-0.25, -0.2) is 8.42 Å². The SMILES string of the molecule is O=C(Nc1cccc(S(=O)(=O)N2CCOCC2)c1)C1COCCN1. The number of hydrogen-bond donors (Lipinski definition) is 2. The standard InChI is InChI=1S/C15H21N3O5S/c19-15(14-11-23-7-4-16-14)17-12-2-1-3-13(10-12)24(20,21)18-5-8-22-9-6-18/h1-3,10,14,16H,4-9,11H2,(H,17,19). The van der Waals surface area contributed by atoms with E-state index in [1.165, 1.54) is 16.4 Å². The molecule has 2 aliphatic heterocycles. The minimum atomic E-state index is -3.58. The van der Waals surface area contributed by atoms with E-state index >= 15 is 0 Å². The Morgan fingerprint density at radius 1 is 1.21 bits per heavy atom. The van der Waals surface area contributed by atoms with Crippen molar-refractivity contribution in [2.45, 2.75) is 10.9 Å². The number of carbonyl (C=O) groups excluding carboxylic acids is 1. The van der Waals surface area contributed by atoms with Crippen LogP contribution in [0.4, 0.5) is 5.69 Å². The molecular formula is C15H21N3O5S. The number of ether oxygens (including phenoxy) is 2. The number of nitrogens with zero attached hydrogens (tertiary/aromatic N) is 1. The van der Waals surface area contributed by atoms with Crippen LogP contribution in [-0.2, 0) is 24.3 Å². The molecular weight excluding hydrogens is 334 g/mol. The third kappa shape index (κ3) is 3.93. The van der Waals surface area contributed by atoms with E-state index in [0.717, 1.165) is 0 Å². The van der Waals surface area contributed by atoms with Crippen LogP contribution >= 0.6 is 0 Å². The van der Waals surface area contributed by atoms with Crippen LogP contribution in [0.15, 0.2) is 29.2 Å². The van der Waals surface area contributed by atoms with Gasteiger partial charge in [0.05, 0.1) is 31.3 Å². The number of rotatable bonds is 4. The number of benzene rings is 1. The second-order valence-electron chi connectivity index (χ2n) is 5.62. The maximum Gasteiger partial charge on any atom is 0.243 e. The fraction of sp³-hybridized carbons (Fsp3) is 0.533. The fourth-order valence-electron chi connectivity index (χ4n) is 2.63. The van der Waals surface area contributed by atoms with Gasteiger partial charge in [-0.05, 0) is 18.2 Å². The maximum absolute atomic E-state index is 12.7. The van der Waals surface area contributed by atoms with E-state index in [2.05, 4.69) is 10.6 Å². The van der Waals surface area contributed by atoms with E-state index in [4.69, 9.17) is 9.47 Å². The van der Waals surface area contributed by atoms with Crippen molar-refractivity contribution in [3.8, 4) is 0 Å². The average molecular weight is 355 g/mol. The summed E-state index contributed by atoms with van der Waals surface area (Å²) in [5.74, 6) is -0.240. The van der Waals surface area contributed by atoms with Gasteiger partial charge in [-0.3, -0.25) is 4.79 Å². The molecule has 2 fully saturated rings. The number of anilines is 1. The van der Waals surface area contributed by atoms with E-state index in [0.29, 0.717) is 51.7 Å². The molecule has 1 aromatic rings. The van der Waals surface area contributed by atoms with Gasteiger partial charge in [0.2, 0.25) is 15.9 Å². The summed E-state index contributed by atoms with van der Waals surface area (Å²) in [6.07, 6.45) is 0. The average Bonchev–Trinajstić information content (AvgIpc) is 2.63. The summed E-state index contributed by atoms with van der Waals surface area (Å²) in [5.41, 5.74) is 0.446. The molecule has 24 heavy (non-hydrogen) atoms. The van der Waals surface area contributed by atoms with Gasteiger partial charge < -0.3 is 20.1 Å². The Hall–Kier alpha value is -1.52. The van der Waals surface area contributed by atoms with E-state index < -0.39 is 16.1 Å². The molecule has 9 heteroatoms. The number of nitrogens with one attached hydrogen (secondary N) is 2. The largest absolute Gasteiger partial charge is 0.379 e. The van der Waals surface area contributed by atoms with E-state index in [9.17, 15) is 13.2 Å². The molecule has 2 heterocycles. The lowest BCUT2D eigenvalue weighted by Crippen LogP contribution is -2.48. The summed E-state index contributed by atoms with van der Waals surface area (Å²) in [7, 11) is -3.58. The summed E-state index contributed by atoms with van der Waals surface area (Å²) >= 11 is 0. The van der Waals surface area contributed by atoms with E-state index in [-0.39, 0.29) is 10.8 Å². The third-order valence-electron chi connectivity index (χ3n) is 3.95. The quantitative estimate of drug-likeness (QED) is 0.765. The highest BCUT2D eigenvalue weighted by molar-refractivity contribution is 7.89. The van der Waals surface area contributed by atoms with Crippen LogP contribution in [0, 0.1) is 0 Å². The zero-order valence-electron chi connectivity index (χ0n) is 13.2. The van der Waals surface area contributed by atoms with Gasteiger partial charge in [0, 0.05) is 25.3 Å². The Morgan fingerprint density at radius 2 is 2.00 bits per heavy atom. The van der Waals surface area contributed by atoms with Crippen molar-refractivity contribution < 1.29 is 22.7 Å². The van der Waals surface area contributed by atoms with Crippen molar-refractivity contribution in [1.82, 2.24) is 9.62 Å². The van der Waals surface area contributed by atoms with Crippen LogP contribution in [-0.4, -0.2) is 70.7 Å². The molecule has 3 rings (SSSR count). The first kappa shape index (κ1) is 17.3. The molecule has 1 atom stereocenters. The van der Waals surface area contributed by atoms with Gasteiger partial charge >= 0.3 is 0 Å². The number of morpholine rings is 2. The van der Waals surface area contributed by atoms with Crippen LogP contribution in [0.1, 0.15) is 0 Å². The van der Waals surface area contributed by atoms with Crippen LogP contribution in [0.5, 0.6) is 0 Å². The van der Waals surface area contributed by atoms with Gasteiger partial charge in [0.1, 0.15) is 6.04 Å². The van der Waals surface area contributed by atoms with Gasteiger partial charge in [-0.2, -0.15) is 4.31 Å². The Kier molecular flexibility index (Phi) is 5.47. The second-order valence-corrected chi connectivity index (χ2v) is 7.55. The van der Waals surface area contributed by atoms with E-state index in [1.54, 1.807) is 12.1 Å². The zero-order valence-corrected chi connectivity index (χ0v) is 14.0. The predicted octanol–water partition coefficient (Wildman–Crippen LogP) is -0.366. The Balaban J connectivity index is 1.72. The maximum atomic E-state index is 12.7. The van der Waals surface area contributed by atoms with Crippen molar-refractivity contribution in [3.05, 3.63) is 24.3 Å². The summed E-state index contributed by atoms with van der Waals surface area (Å²) in [6.45, 7) is 2.95. The van der Waals surface area contributed by atoms with Crippen LogP contribution < -0.4 is 10.6 Å². The third-order valence-corrected chi connectivity index (χ3v) is 5.84. The lowest BCUT2D eigenvalue weighted by molar-refractivity contribution is -0.120. The fourth-order valence-corrected chi connectivity index (χ4v) is 4.09. The second kappa shape index (κ2) is 7.58. The first-order chi connectivity index (χ1) is 11.6. The lowest BCUT2D eigenvalue weighted by Gasteiger charge is -2.26. The lowest BCUT2D eigenvalue weighted by atomic mass is 10.2. The predicted molar refractivity (Wildman–Crippen MR) is 87.3 cm³/mol. The molecule has 132 valence electrons. The Bertz CT molecular complexity index is 682. The Labute approximate surface area is 141 Å². The zero-order chi connectivity index (χ0) is 17.0. The van der Waals surface area contributed by atoms with Gasteiger partial charge in [-0.1, -0.05) is 6.07 Å². The summed E-state index contributed by atoms with van der Waals surface area (Å²) in [6, 6.07) is 5.86. The summed E-state index contributed by atoms with van der Waals surface area (Å²) < 4.78 is 37.2. The highest BCUT2D eigenvalue weighted by Gasteiger charge is 2.27. The first-order valence-corrected chi connectivity index (χ1v) is 9.31. The van der Waals surface area contributed by atoms with Gasteiger partial charge in [0.25, 0.3) is 0 Å². The van der Waals surface area contributed by atoms with Crippen molar-refractivity contribution in [3.63, 3.8) is 0 Å². The van der Waals surface area contributed by atoms with Crippen molar-refractivity contribution >= 4 is 21.6 Å². The van der Waals surface area contributed by atoms with Gasteiger partial charge in [-0.15, -0.1) is 0 Å². The molecule has 2 aliphatic rings. The molecule has 1 aromatic carbocycles. The molecule has 0 bridgehead atoms. The topological polar surface area (TPSA) is 97.0 Å². The molecule has 1 unspecified atom stereocenters. The summed E-state index contributed by atoms with van der Waals surface area (Å²) in [5, 5.41) is 5.80. The van der Waals surface area contributed by atoms with Gasteiger partial charge in [0.15, 0.2) is 0 Å². The molecule has 2 saturated heterocycles. The molecule has 0 saturated carbocycles. The summed E-state index contributed by atoms with van der Waals surface area (Å²) in [4.78, 5) is 12.4. The molecule has 0 aliphatic carbocycles. The molecule has 1 amide bonds. The minimum absolute atomic E-state index is 0.162. The normalized spacial score (nSPS) is 22.9. The smallest absolute Gasteiger partial charge is 0.243 e. The van der Waals surface area contributed by atoms with Crippen molar-refractivity contribution in [2.24, 2.45) is 0 Å².